The fourth-order valence-electron chi connectivity index (χ4n) is 2.16. The fraction of sp³-hybridized carbons (Fsp3) is 0.500. The third kappa shape index (κ3) is 1.75. The molecule has 0 radical (unpaired) electrons. The molecule has 1 aromatic rings. The molecule has 2 N–H and O–H groups in total. The largest absolute Gasteiger partial charge is 0.399 e. The van der Waals surface area contributed by atoms with Crippen LogP contribution >= 0.6 is 0 Å². The molecule has 14 heavy (non-hydrogen) atoms. The molecule has 0 atom stereocenters. The lowest BCUT2D eigenvalue weighted by Crippen LogP contribution is -2.25. The lowest BCUT2D eigenvalue weighted by atomic mass is 9.95. The second kappa shape index (κ2) is 3.28. The van der Waals surface area contributed by atoms with E-state index >= 15 is 0 Å². The van der Waals surface area contributed by atoms with Gasteiger partial charge >= 0.3 is 0 Å². The molecule has 2 rings (SSSR count). The zero-order valence-electron chi connectivity index (χ0n) is 8.96. The van der Waals surface area contributed by atoms with Crippen molar-refractivity contribution >= 4 is 5.69 Å². The van der Waals surface area contributed by atoms with Crippen molar-refractivity contribution < 1.29 is 0 Å². The molecule has 0 amide bonds. The maximum atomic E-state index is 5.80. The Kier molecular flexibility index (Phi) is 2.23. The molecule has 0 unspecified atom stereocenters. The quantitative estimate of drug-likeness (QED) is 0.737. The van der Waals surface area contributed by atoms with Crippen LogP contribution in [0.4, 0.5) is 5.69 Å². The van der Waals surface area contributed by atoms with Crippen LogP contribution in [0, 0.1) is 0 Å². The van der Waals surface area contributed by atoms with Crippen LogP contribution in [-0.4, -0.2) is 25.5 Å². The summed E-state index contributed by atoms with van der Waals surface area (Å²) < 4.78 is 0. The van der Waals surface area contributed by atoms with E-state index in [0.717, 1.165) is 12.2 Å². The van der Waals surface area contributed by atoms with E-state index < -0.39 is 0 Å². The van der Waals surface area contributed by atoms with Gasteiger partial charge in [-0.25, -0.2) is 0 Å². The molecule has 0 heterocycles. The third-order valence-corrected chi connectivity index (χ3v) is 2.97. The minimum Gasteiger partial charge on any atom is -0.399 e. The van der Waals surface area contributed by atoms with Gasteiger partial charge in [-0.2, -0.15) is 0 Å². The van der Waals surface area contributed by atoms with E-state index in [0.29, 0.717) is 5.41 Å². The SMILES string of the molecule is CN(C)CC1(c2cccc(N)c2)CC1. The Hall–Kier alpha value is -1.02. The molecule has 0 aromatic heterocycles. The third-order valence-electron chi connectivity index (χ3n) is 2.97. The zero-order valence-corrected chi connectivity index (χ0v) is 8.96. The van der Waals surface area contributed by atoms with Crippen molar-refractivity contribution in [2.45, 2.75) is 18.3 Å². The second-order valence-electron chi connectivity index (χ2n) is 4.64. The minimum atomic E-state index is 0.402. The zero-order chi connectivity index (χ0) is 10.2. The van der Waals surface area contributed by atoms with Crippen LogP contribution in [0.2, 0.25) is 0 Å². The summed E-state index contributed by atoms with van der Waals surface area (Å²) in [5, 5.41) is 0. The lowest BCUT2D eigenvalue weighted by molar-refractivity contribution is 0.363. The first-order chi connectivity index (χ1) is 6.62. The van der Waals surface area contributed by atoms with Crippen LogP contribution < -0.4 is 5.73 Å². The van der Waals surface area contributed by atoms with Gasteiger partial charge in [0.15, 0.2) is 0 Å². The number of anilines is 1. The van der Waals surface area contributed by atoms with Gasteiger partial charge in [0.2, 0.25) is 0 Å². The van der Waals surface area contributed by atoms with Gasteiger partial charge in [-0.3, -0.25) is 0 Å². The Morgan fingerprint density at radius 3 is 2.57 bits per heavy atom. The van der Waals surface area contributed by atoms with Crippen LogP contribution in [-0.2, 0) is 5.41 Å². The minimum absolute atomic E-state index is 0.402. The molecule has 0 saturated heterocycles. The van der Waals surface area contributed by atoms with Gasteiger partial charge in [0.1, 0.15) is 0 Å². The van der Waals surface area contributed by atoms with Crippen molar-refractivity contribution in [1.82, 2.24) is 4.90 Å². The summed E-state index contributed by atoms with van der Waals surface area (Å²) in [7, 11) is 4.26. The van der Waals surface area contributed by atoms with Crippen molar-refractivity contribution in [2.24, 2.45) is 0 Å². The van der Waals surface area contributed by atoms with Crippen LogP contribution in [0.25, 0.3) is 0 Å². The van der Waals surface area contributed by atoms with Crippen molar-refractivity contribution in [3.05, 3.63) is 29.8 Å². The summed E-state index contributed by atoms with van der Waals surface area (Å²) in [6.45, 7) is 1.14. The van der Waals surface area contributed by atoms with Crippen molar-refractivity contribution in [3.8, 4) is 0 Å². The number of hydrogen-bond acceptors (Lipinski definition) is 2. The predicted octanol–water partition coefficient (Wildman–Crippen LogP) is 1.86. The first-order valence-electron chi connectivity index (χ1n) is 5.13. The Labute approximate surface area is 85.7 Å². The Morgan fingerprint density at radius 1 is 1.36 bits per heavy atom. The number of nitrogens with zero attached hydrogens (tertiary/aromatic N) is 1. The summed E-state index contributed by atoms with van der Waals surface area (Å²) in [4.78, 5) is 2.26. The number of rotatable bonds is 3. The van der Waals surface area contributed by atoms with Gasteiger partial charge in [0, 0.05) is 17.6 Å². The summed E-state index contributed by atoms with van der Waals surface area (Å²) in [5.41, 5.74) is 8.49. The van der Waals surface area contributed by atoms with Gasteiger partial charge in [-0.05, 0) is 44.6 Å². The molecule has 1 aromatic carbocycles. The van der Waals surface area contributed by atoms with E-state index in [4.69, 9.17) is 5.73 Å². The summed E-state index contributed by atoms with van der Waals surface area (Å²) >= 11 is 0. The molecule has 76 valence electrons. The molecule has 0 spiro atoms. The van der Waals surface area contributed by atoms with E-state index in [1.807, 2.05) is 6.07 Å². The summed E-state index contributed by atoms with van der Waals surface area (Å²) in [6, 6.07) is 8.33. The van der Waals surface area contributed by atoms with Gasteiger partial charge in [-0.15, -0.1) is 0 Å². The first-order valence-corrected chi connectivity index (χ1v) is 5.13. The topological polar surface area (TPSA) is 29.3 Å². The maximum Gasteiger partial charge on any atom is 0.0316 e. The smallest absolute Gasteiger partial charge is 0.0316 e. The fourth-order valence-corrected chi connectivity index (χ4v) is 2.16. The highest BCUT2D eigenvalue weighted by Crippen LogP contribution is 2.48. The van der Waals surface area contributed by atoms with Crippen LogP contribution in [0.1, 0.15) is 18.4 Å². The standard InChI is InChI=1S/C12H18N2/c1-14(2)9-12(6-7-12)10-4-3-5-11(13)8-10/h3-5,8H,6-7,9,13H2,1-2H3. The lowest BCUT2D eigenvalue weighted by Gasteiger charge is -2.20. The molecule has 2 heteroatoms. The normalized spacial score (nSPS) is 18.5. The molecule has 1 aliphatic rings. The molecule has 1 fully saturated rings. The predicted molar refractivity (Wildman–Crippen MR) is 60.3 cm³/mol. The number of likely N-dealkylation sites (N-methyl/N-ethyl adjacent to an activating group) is 1. The van der Waals surface area contributed by atoms with E-state index in [1.165, 1.54) is 18.4 Å². The number of nitrogen functional groups attached to an aromatic ring is 1. The Morgan fingerprint density at radius 2 is 2.07 bits per heavy atom. The molecule has 1 saturated carbocycles. The molecule has 0 bridgehead atoms. The Balaban J connectivity index is 2.22. The van der Waals surface area contributed by atoms with Gasteiger partial charge in [0.25, 0.3) is 0 Å². The maximum absolute atomic E-state index is 5.80. The monoisotopic (exact) mass is 190 g/mol. The van der Waals surface area contributed by atoms with Crippen LogP contribution in [0.15, 0.2) is 24.3 Å². The van der Waals surface area contributed by atoms with E-state index in [-0.39, 0.29) is 0 Å². The van der Waals surface area contributed by atoms with Gasteiger partial charge < -0.3 is 10.6 Å². The molecule has 2 nitrogen and oxygen atoms in total. The number of hydrogen-bond donors (Lipinski definition) is 1. The highest BCUT2D eigenvalue weighted by Gasteiger charge is 2.44. The second-order valence-corrected chi connectivity index (χ2v) is 4.64. The Bertz CT molecular complexity index is 327. The van der Waals surface area contributed by atoms with Gasteiger partial charge in [0.05, 0.1) is 0 Å². The van der Waals surface area contributed by atoms with Gasteiger partial charge in [-0.1, -0.05) is 12.1 Å². The van der Waals surface area contributed by atoms with E-state index in [9.17, 15) is 0 Å². The number of benzene rings is 1. The van der Waals surface area contributed by atoms with Crippen LogP contribution in [0.3, 0.4) is 0 Å². The van der Waals surface area contributed by atoms with E-state index in [2.05, 4.69) is 37.2 Å². The highest BCUT2D eigenvalue weighted by atomic mass is 15.1. The van der Waals surface area contributed by atoms with Crippen LogP contribution in [0.5, 0.6) is 0 Å². The molecule has 0 aliphatic heterocycles. The average Bonchev–Trinajstić information content (AvgIpc) is 2.84. The van der Waals surface area contributed by atoms with Crippen molar-refractivity contribution in [2.75, 3.05) is 26.4 Å². The molecule has 1 aliphatic carbocycles. The summed E-state index contributed by atoms with van der Waals surface area (Å²) in [6.07, 6.45) is 2.60. The van der Waals surface area contributed by atoms with Crippen molar-refractivity contribution in [3.63, 3.8) is 0 Å². The average molecular weight is 190 g/mol. The summed E-state index contributed by atoms with van der Waals surface area (Å²) in [5.74, 6) is 0. The number of nitrogens with two attached hydrogens (primary N) is 1. The first kappa shape index (κ1) is 9.53. The van der Waals surface area contributed by atoms with Crippen molar-refractivity contribution in [1.29, 1.82) is 0 Å². The molecular formula is C12H18N2. The highest BCUT2D eigenvalue weighted by molar-refractivity contribution is 5.45. The molecular weight excluding hydrogens is 172 g/mol. The van der Waals surface area contributed by atoms with E-state index in [1.54, 1.807) is 0 Å².